The second kappa shape index (κ2) is 7.83. The van der Waals surface area contributed by atoms with E-state index in [2.05, 4.69) is 42.3 Å². The highest BCUT2D eigenvalue weighted by Crippen LogP contribution is 2.26. The molecule has 2 rings (SSSR count). The smallest absolute Gasteiger partial charge is 0.0912 e. The second-order valence-electron chi connectivity index (χ2n) is 5.12. The van der Waals surface area contributed by atoms with Crippen molar-refractivity contribution in [3.8, 4) is 0 Å². The van der Waals surface area contributed by atoms with Crippen LogP contribution >= 0.6 is 12.4 Å². The summed E-state index contributed by atoms with van der Waals surface area (Å²) < 4.78 is 12.8. The standard InChI is InChI=1S/C15H23FN2.ClH/c1-12-3-4-14(11-13(12)2)15(5-6-16)18-9-7-17-8-10-18;/h3-4,11,15,17H,5-10H2,1-2H3;1H/t15-;/m1./s1. The van der Waals surface area contributed by atoms with Gasteiger partial charge in [-0.2, -0.15) is 0 Å². The average molecular weight is 287 g/mol. The second-order valence-corrected chi connectivity index (χ2v) is 5.12. The Bertz CT molecular complexity index is 392. The van der Waals surface area contributed by atoms with Gasteiger partial charge >= 0.3 is 0 Å². The molecule has 1 fully saturated rings. The van der Waals surface area contributed by atoms with Crippen LogP contribution in [0.3, 0.4) is 0 Å². The molecule has 0 amide bonds. The van der Waals surface area contributed by atoms with E-state index < -0.39 is 0 Å². The van der Waals surface area contributed by atoms with E-state index in [0.29, 0.717) is 6.42 Å². The number of rotatable bonds is 4. The summed E-state index contributed by atoms with van der Waals surface area (Å²) in [7, 11) is 0. The van der Waals surface area contributed by atoms with Crippen molar-refractivity contribution in [1.82, 2.24) is 10.2 Å². The number of aryl methyl sites for hydroxylation is 2. The van der Waals surface area contributed by atoms with Gasteiger partial charge in [-0.25, -0.2) is 0 Å². The van der Waals surface area contributed by atoms with Gasteiger partial charge in [0, 0.05) is 32.2 Å². The number of piperazine rings is 1. The maximum Gasteiger partial charge on any atom is 0.0912 e. The van der Waals surface area contributed by atoms with E-state index in [1.165, 1.54) is 16.7 Å². The number of hydrogen-bond donors (Lipinski definition) is 1. The summed E-state index contributed by atoms with van der Waals surface area (Å²) in [6.45, 7) is 8.04. The number of halogens is 2. The third kappa shape index (κ3) is 4.16. The van der Waals surface area contributed by atoms with Crippen LogP contribution in [0.15, 0.2) is 18.2 Å². The molecular formula is C15H24ClFN2. The maximum absolute atomic E-state index is 12.8. The Labute approximate surface area is 121 Å². The van der Waals surface area contributed by atoms with Crippen molar-refractivity contribution in [2.45, 2.75) is 26.3 Å². The van der Waals surface area contributed by atoms with Gasteiger partial charge < -0.3 is 5.32 Å². The van der Waals surface area contributed by atoms with E-state index in [1.807, 2.05) is 0 Å². The van der Waals surface area contributed by atoms with E-state index in [-0.39, 0.29) is 25.1 Å². The first-order valence-corrected chi connectivity index (χ1v) is 6.80. The van der Waals surface area contributed by atoms with Gasteiger partial charge in [-0.1, -0.05) is 18.2 Å². The zero-order valence-electron chi connectivity index (χ0n) is 11.8. The zero-order chi connectivity index (χ0) is 13.0. The lowest BCUT2D eigenvalue weighted by Gasteiger charge is -2.35. The van der Waals surface area contributed by atoms with Crippen molar-refractivity contribution < 1.29 is 4.39 Å². The normalized spacial score (nSPS) is 17.8. The minimum Gasteiger partial charge on any atom is -0.314 e. The topological polar surface area (TPSA) is 15.3 Å². The molecule has 0 saturated carbocycles. The molecule has 0 unspecified atom stereocenters. The number of nitrogens with one attached hydrogen (secondary N) is 1. The molecule has 1 aliphatic rings. The van der Waals surface area contributed by atoms with Crippen molar-refractivity contribution in [2.24, 2.45) is 0 Å². The first kappa shape index (κ1) is 16.4. The predicted octanol–water partition coefficient (Wildman–Crippen LogP) is 3.03. The van der Waals surface area contributed by atoms with Crippen LogP contribution in [-0.2, 0) is 0 Å². The molecule has 0 radical (unpaired) electrons. The summed E-state index contributed by atoms with van der Waals surface area (Å²) in [6.07, 6.45) is 0.600. The highest BCUT2D eigenvalue weighted by Gasteiger charge is 2.22. The Kier molecular flexibility index (Phi) is 6.76. The predicted molar refractivity (Wildman–Crippen MR) is 80.9 cm³/mol. The minimum atomic E-state index is -0.248. The lowest BCUT2D eigenvalue weighted by molar-refractivity contribution is 0.157. The first-order valence-electron chi connectivity index (χ1n) is 6.80. The van der Waals surface area contributed by atoms with Gasteiger partial charge in [0.2, 0.25) is 0 Å². The third-order valence-corrected chi connectivity index (χ3v) is 3.89. The molecular weight excluding hydrogens is 263 g/mol. The highest BCUT2D eigenvalue weighted by atomic mass is 35.5. The number of alkyl halides is 1. The lowest BCUT2D eigenvalue weighted by Crippen LogP contribution is -2.45. The first-order chi connectivity index (χ1) is 8.72. The summed E-state index contributed by atoms with van der Waals surface area (Å²) in [5, 5.41) is 3.35. The largest absolute Gasteiger partial charge is 0.314 e. The molecule has 4 heteroatoms. The molecule has 1 N–H and O–H groups in total. The van der Waals surface area contributed by atoms with Crippen LogP contribution in [0.25, 0.3) is 0 Å². The van der Waals surface area contributed by atoms with Crippen molar-refractivity contribution in [3.63, 3.8) is 0 Å². The van der Waals surface area contributed by atoms with E-state index >= 15 is 0 Å². The van der Waals surface area contributed by atoms with Gasteiger partial charge in [0.15, 0.2) is 0 Å². The molecule has 1 atom stereocenters. The van der Waals surface area contributed by atoms with E-state index in [4.69, 9.17) is 0 Å². The molecule has 0 aliphatic carbocycles. The fourth-order valence-corrected chi connectivity index (χ4v) is 2.63. The molecule has 2 nitrogen and oxygen atoms in total. The van der Waals surface area contributed by atoms with Crippen LogP contribution in [0.4, 0.5) is 4.39 Å². The van der Waals surface area contributed by atoms with Crippen molar-refractivity contribution in [3.05, 3.63) is 34.9 Å². The van der Waals surface area contributed by atoms with Crippen LogP contribution in [0.2, 0.25) is 0 Å². The van der Waals surface area contributed by atoms with Crippen LogP contribution < -0.4 is 5.32 Å². The number of benzene rings is 1. The molecule has 1 saturated heterocycles. The van der Waals surface area contributed by atoms with Gasteiger partial charge in [-0.3, -0.25) is 9.29 Å². The van der Waals surface area contributed by atoms with Crippen molar-refractivity contribution in [2.75, 3.05) is 32.9 Å². The van der Waals surface area contributed by atoms with Gasteiger partial charge in [0.05, 0.1) is 6.67 Å². The van der Waals surface area contributed by atoms with E-state index in [0.717, 1.165) is 26.2 Å². The third-order valence-electron chi connectivity index (χ3n) is 3.89. The maximum atomic E-state index is 12.8. The molecule has 1 heterocycles. The molecule has 108 valence electrons. The van der Waals surface area contributed by atoms with Crippen LogP contribution in [0.1, 0.15) is 29.2 Å². The Morgan fingerprint density at radius 2 is 1.89 bits per heavy atom. The van der Waals surface area contributed by atoms with Crippen LogP contribution in [0.5, 0.6) is 0 Å². The summed E-state index contributed by atoms with van der Waals surface area (Å²) in [5.74, 6) is 0. The quantitative estimate of drug-likeness (QED) is 0.915. The van der Waals surface area contributed by atoms with Gasteiger partial charge in [0.1, 0.15) is 0 Å². The Morgan fingerprint density at radius 3 is 2.47 bits per heavy atom. The summed E-state index contributed by atoms with van der Waals surface area (Å²) in [4.78, 5) is 2.40. The van der Waals surface area contributed by atoms with Crippen LogP contribution in [0, 0.1) is 13.8 Å². The summed E-state index contributed by atoms with van der Waals surface area (Å²) in [6, 6.07) is 6.76. The fraction of sp³-hybridized carbons (Fsp3) is 0.600. The highest BCUT2D eigenvalue weighted by molar-refractivity contribution is 5.85. The SMILES string of the molecule is Cc1ccc([C@@H](CCF)N2CCNCC2)cc1C.Cl. The Morgan fingerprint density at radius 1 is 1.21 bits per heavy atom. The monoisotopic (exact) mass is 286 g/mol. The Balaban J connectivity index is 0.00000180. The number of nitrogens with zero attached hydrogens (tertiary/aromatic N) is 1. The van der Waals surface area contributed by atoms with Gasteiger partial charge in [0.25, 0.3) is 0 Å². The molecule has 0 spiro atoms. The van der Waals surface area contributed by atoms with Crippen LogP contribution in [-0.4, -0.2) is 37.8 Å². The van der Waals surface area contributed by atoms with Crippen molar-refractivity contribution in [1.29, 1.82) is 0 Å². The fourth-order valence-electron chi connectivity index (χ4n) is 2.63. The molecule has 0 aromatic heterocycles. The summed E-state index contributed by atoms with van der Waals surface area (Å²) >= 11 is 0. The molecule has 0 bridgehead atoms. The zero-order valence-corrected chi connectivity index (χ0v) is 12.6. The summed E-state index contributed by atoms with van der Waals surface area (Å²) in [5.41, 5.74) is 3.86. The average Bonchev–Trinajstić information content (AvgIpc) is 2.40. The number of hydrogen-bond acceptors (Lipinski definition) is 2. The van der Waals surface area contributed by atoms with Gasteiger partial charge in [-0.05, 0) is 37.0 Å². The molecule has 19 heavy (non-hydrogen) atoms. The van der Waals surface area contributed by atoms with E-state index in [1.54, 1.807) is 0 Å². The Hall–Kier alpha value is -0.640. The van der Waals surface area contributed by atoms with Gasteiger partial charge in [-0.15, -0.1) is 12.4 Å². The molecule has 1 aromatic carbocycles. The molecule has 1 aliphatic heterocycles. The lowest BCUT2D eigenvalue weighted by atomic mass is 9.97. The minimum absolute atomic E-state index is 0. The molecule has 1 aromatic rings. The van der Waals surface area contributed by atoms with E-state index in [9.17, 15) is 4.39 Å². The van der Waals surface area contributed by atoms with Crippen molar-refractivity contribution >= 4 is 12.4 Å².